The summed E-state index contributed by atoms with van der Waals surface area (Å²) >= 11 is 6.44. The maximum Gasteiger partial charge on any atom is 0.136 e. The number of aryl methyl sites for hydroxylation is 2. The van der Waals surface area contributed by atoms with Crippen LogP contribution in [-0.2, 0) is 6.42 Å². The van der Waals surface area contributed by atoms with E-state index in [1.807, 2.05) is 6.92 Å². The van der Waals surface area contributed by atoms with Crippen molar-refractivity contribution in [3.05, 3.63) is 64.4 Å². The first-order valence-corrected chi connectivity index (χ1v) is 10.0. The van der Waals surface area contributed by atoms with Crippen molar-refractivity contribution in [3.8, 4) is 0 Å². The Hall–Kier alpha value is -1.84. The fourth-order valence-corrected chi connectivity index (χ4v) is 5.28. The van der Waals surface area contributed by atoms with Crippen molar-refractivity contribution < 1.29 is 0 Å². The van der Waals surface area contributed by atoms with E-state index < -0.39 is 0 Å². The third-order valence-electron chi connectivity index (χ3n) is 6.17. The van der Waals surface area contributed by atoms with E-state index in [9.17, 15) is 0 Å². The van der Waals surface area contributed by atoms with Crippen LogP contribution in [0.15, 0.2) is 42.5 Å². The second-order valence-corrected chi connectivity index (χ2v) is 8.15. The van der Waals surface area contributed by atoms with Crippen LogP contribution in [0.1, 0.15) is 42.5 Å². The van der Waals surface area contributed by atoms with Gasteiger partial charge in [-0.2, -0.15) is 0 Å². The molecule has 3 atom stereocenters. The van der Waals surface area contributed by atoms with E-state index in [4.69, 9.17) is 11.6 Å². The van der Waals surface area contributed by atoms with Gasteiger partial charge in [0, 0.05) is 29.0 Å². The number of para-hydroxylation sites is 1. The molecule has 0 saturated carbocycles. The predicted molar refractivity (Wildman–Crippen MR) is 107 cm³/mol. The zero-order chi connectivity index (χ0) is 17.7. The monoisotopic (exact) mass is 365 g/mol. The zero-order valence-corrected chi connectivity index (χ0v) is 15.8. The van der Waals surface area contributed by atoms with Crippen LogP contribution in [0.4, 0.5) is 5.69 Å². The summed E-state index contributed by atoms with van der Waals surface area (Å²) in [5.74, 6) is 0. The molecule has 0 radical (unpaired) electrons. The summed E-state index contributed by atoms with van der Waals surface area (Å²) in [6, 6.07) is 14.0. The summed E-state index contributed by atoms with van der Waals surface area (Å²) in [7, 11) is 0. The molecule has 1 fully saturated rings. The Morgan fingerprint density at radius 1 is 1.12 bits per heavy atom. The number of hydrogen-bond acceptors (Lipinski definition) is 3. The Labute approximate surface area is 160 Å². The number of pyridine rings is 1. The van der Waals surface area contributed by atoms with Crippen molar-refractivity contribution in [1.29, 1.82) is 0 Å². The minimum absolute atomic E-state index is 0.437. The molecule has 4 heterocycles. The highest BCUT2D eigenvalue weighted by molar-refractivity contribution is 6.31. The second-order valence-electron chi connectivity index (χ2n) is 7.79. The standard InChI is InChI=1S/C22H24ClN3/c1-14-6-10-19(22(23)24-14)16-12-17-8-9-18(13-16)26(17)21-11-7-15-4-2-3-5-20(15)25-21/h2-6,10,12,17-18,21,25H,7-9,11,13H2,1H3. The molecule has 134 valence electrons. The van der Waals surface area contributed by atoms with Gasteiger partial charge in [0.1, 0.15) is 5.15 Å². The summed E-state index contributed by atoms with van der Waals surface area (Å²) in [5, 5.41) is 4.45. The maximum atomic E-state index is 6.44. The van der Waals surface area contributed by atoms with E-state index in [1.165, 1.54) is 36.1 Å². The Morgan fingerprint density at radius 3 is 2.85 bits per heavy atom. The number of anilines is 1. The second kappa shape index (κ2) is 6.40. The molecule has 0 spiro atoms. The van der Waals surface area contributed by atoms with Crippen molar-refractivity contribution in [3.63, 3.8) is 0 Å². The first-order chi connectivity index (χ1) is 12.7. The lowest BCUT2D eigenvalue weighted by Gasteiger charge is -2.42. The molecule has 4 heteroatoms. The Morgan fingerprint density at radius 2 is 2.00 bits per heavy atom. The number of aromatic nitrogens is 1. The molecule has 3 aliphatic rings. The van der Waals surface area contributed by atoms with Crippen molar-refractivity contribution in [2.75, 3.05) is 5.32 Å². The number of fused-ring (bicyclic) bond motifs is 3. The molecule has 1 N–H and O–H groups in total. The summed E-state index contributed by atoms with van der Waals surface area (Å²) in [6.45, 7) is 1.99. The molecule has 1 aromatic carbocycles. The SMILES string of the molecule is Cc1ccc(C2=CC3CCC(C2)N3C2CCc3ccccc3N2)c(Cl)n1. The molecule has 1 aromatic heterocycles. The van der Waals surface area contributed by atoms with E-state index in [1.54, 1.807) is 0 Å². The van der Waals surface area contributed by atoms with Crippen LogP contribution in [-0.4, -0.2) is 28.1 Å². The van der Waals surface area contributed by atoms with Gasteiger partial charge in [-0.1, -0.05) is 35.9 Å². The smallest absolute Gasteiger partial charge is 0.136 e. The van der Waals surface area contributed by atoms with Crippen LogP contribution < -0.4 is 5.32 Å². The molecule has 2 bridgehead atoms. The van der Waals surface area contributed by atoms with Crippen LogP contribution in [0, 0.1) is 6.92 Å². The molecule has 3 nitrogen and oxygen atoms in total. The highest BCUT2D eigenvalue weighted by Gasteiger charge is 2.41. The Kier molecular flexibility index (Phi) is 4.02. The number of halogens is 1. The number of benzene rings is 1. The lowest BCUT2D eigenvalue weighted by Crippen LogP contribution is -2.50. The number of nitrogens with one attached hydrogen (secondary N) is 1. The molecule has 2 aromatic rings. The molecule has 0 amide bonds. The van der Waals surface area contributed by atoms with Gasteiger partial charge < -0.3 is 5.32 Å². The fraction of sp³-hybridized carbons (Fsp3) is 0.409. The van der Waals surface area contributed by atoms with Gasteiger partial charge in [-0.25, -0.2) is 4.98 Å². The first-order valence-electron chi connectivity index (χ1n) is 9.65. The van der Waals surface area contributed by atoms with Crippen LogP contribution in [0.2, 0.25) is 5.15 Å². The van der Waals surface area contributed by atoms with Crippen LogP contribution in [0.25, 0.3) is 5.57 Å². The highest BCUT2D eigenvalue weighted by atomic mass is 35.5. The Bertz CT molecular complexity index is 875. The van der Waals surface area contributed by atoms with Gasteiger partial charge >= 0.3 is 0 Å². The summed E-state index contributed by atoms with van der Waals surface area (Å²) < 4.78 is 0. The van der Waals surface area contributed by atoms with E-state index >= 15 is 0 Å². The van der Waals surface area contributed by atoms with Gasteiger partial charge in [-0.3, -0.25) is 4.90 Å². The van der Waals surface area contributed by atoms with Crippen molar-refractivity contribution >= 4 is 22.9 Å². The molecular weight excluding hydrogens is 342 g/mol. The predicted octanol–water partition coefficient (Wildman–Crippen LogP) is 5.05. The van der Waals surface area contributed by atoms with Gasteiger partial charge in [-0.15, -0.1) is 0 Å². The Balaban J connectivity index is 1.41. The third kappa shape index (κ3) is 2.74. The minimum atomic E-state index is 0.437. The topological polar surface area (TPSA) is 28.2 Å². The fourth-order valence-electron chi connectivity index (χ4n) is 4.96. The van der Waals surface area contributed by atoms with E-state index in [2.05, 4.69) is 57.7 Å². The van der Waals surface area contributed by atoms with Crippen molar-refractivity contribution in [1.82, 2.24) is 9.88 Å². The molecule has 3 unspecified atom stereocenters. The average Bonchev–Trinajstić information content (AvgIpc) is 2.91. The summed E-state index contributed by atoms with van der Waals surface area (Å²) in [5.41, 5.74) is 6.23. The highest BCUT2D eigenvalue weighted by Crippen LogP contribution is 2.42. The number of nitrogens with zero attached hydrogens (tertiary/aromatic N) is 2. The molecular formula is C22H24ClN3. The van der Waals surface area contributed by atoms with E-state index in [-0.39, 0.29) is 0 Å². The zero-order valence-electron chi connectivity index (χ0n) is 15.1. The summed E-state index contributed by atoms with van der Waals surface area (Å²) in [4.78, 5) is 7.17. The lowest BCUT2D eigenvalue weighted by atomic mass is 9.93. The molecule has 0 aliphatic carbocycles. The lowest BCUT2D eigenvalue weighted by molar-refractivity contribution is 0.151. The molecule has 5 rings (SSSR count). The third-order valence-corrected chi connectivity index (χ3v) is 6.46. The van der Waals surface area contributed by atoms with Gasteiger partial charge in [0.25, 0.3) is 0 Å². The van der Waals surface area contributed by atoms with Crippen LogP contribution in [0.3, 0.4) is 0 Å². The molecule has 1 saturated heterocycles. The van der Waals surface area contributed by atoms with Gasteiger partial charge in [0.2, 0.25) is 0 Å². The maximum absolute atomic E-state index is 6.44. The van der Waals surface area contributed by atoms with Crippen molar-refractivity contribution in [2.24, 2.45) is 0 Å². The van der Waals surface area contributed by atoms with Gasteiger partial charge in [0.15, 0.2) is 0 Å². The van der Waals surface area contributed by atoms with Gasteiger partial charge in [-0.05, 0) is 68.4 Å². The summed E-state index contributed by atoms with van der Waals surface area (Å²) in [6.07, 6.45) is 8.80. The number of rotatable bonds is 2. The first kappa shape index (κ1) is 16.3. The average molecular weight is 366 g/mol. The van der Waals surface area contributed by atoms with Gasteiger partial charge in [0.05, 0.1) is 6.17 Å². The normalized spacial score (nSPS) is 27.6. The molecule has 26 heavy (non-hydrogen) atoms. The number of hydrogen-bond donors (Lipinski definition) is 1. The minimum Gasteiger partial charge on any atom is -0.369 e. The van der Waals surface area contributed by atoms with Crippen LogP contribution >= 0.6 is 11.6 Å². The molecule has 3 aliphatic heterocycles. The largest absolute Gasteiger partial charge is 0.369 e. The quantitative estimate of drug-likeness (QED) is 0.755. The van der Waals surface area contributed by atoms with Crippen LogP contribution in [0.5, 0.6) is 0 Å². The van der Waals surface area contributed by atoms with Crippen molar-refractivity contribution in [2.45, 2.75) is 57.3 Å². The van der Waals surface area contributed by atoms with E-state index in [0.29, 0.717) is 23.4 Å². The van der Waals surface area contributed by atoms with E-state index in [0.717, 1.165) is 24.1 Å².